The Morgan fingerprint density at radius 2 is 2.03 bits per heavy atom. The van der Waals surface area contributed by atoms with Gasteiger partial charge in [0, 0.05) is 18.1 Å². The summed E-state index contributed by atoms with van der Waals surface area (Å²) >= 11 is 4.13. The minimum Gasteiger partial charge on any atom is -0.410 e. The van der Waals surface area contributed by atoms with Crippen molar-refractivity contribution in [3.8, 4) is 10.8 Å². The smallest absolute Gasteiger partial charge is 0.277 e. The van der Waals surface area contributed by atoms with Gasteiger partial charge in [-0.15, -0.1) is 32.9 Å². The number of para-hydroxylation sites is 1. The maximum absolute atomic E-state index is 14.2. The second kappa shape index (κ2) is 8.62. The molecule has 0 radical (unpaired) electrons. The fraction of sp³-hybridized carbons (Fsp3) is 0.211. The van der Waals surface area contributed by atoms with Crippen molar-refractivity contribution < 1.29 is 13.6 Å². The van der Waals surface area contributed by atoms with E-state index >= 15 is 0 Å². The largest absolute Gasteiger partial charge is 0.410 e. The number of rotatable bonds is 6. The Bertz CT molecular complexity index is 1200. The minimum absolute atomic E-state index is 0.176. The lowest BCUT2D eigenvalue weighted by Crippen LogP contribution is -2.23. The highest BCUT2D eigenvalue weighted by atomic mass is 32.2. The number of hydrogen-bond acceptors (Lipinski definition) is 9. The molecule has 0 saturated carbocycles. The Hall–Kier alpha value is -2.63. The zero-order valence-electron chi connectivity index (χ0n) is 16.2. The standard InChI is InChI=1S/C19H16FN5O2S3/c1-10-16(30-11(2)21-10)17-23-24-19(27-17)29-9-13-8-28-18(22-13)25(12(3)26)15-7-5-4-6-14(15)20/h4-8H,9H2,1-3H3. The van der Waals surface area contributed by atoms with Crippen LogP contribution in [-0.2, 0) is 10.5 Å². The normalized spacial score (nSPS) is 11.1. The van der Waals surface area contributed by atoms with E-state index in [0.29, 0.717) is 22.0 Å². The maximum atomic E-state index is 14.2. The van der Waals surface area contributed by atoms with Crippen LogP contribution in [0.15, 0.2) is 39.3 Å². The first-order valence-electron chi connectivity index (χ1n) is 8.82. The van der Waals surface area contributed by atoms with Gasteiger partial charge in [0.2, 0.25) is 5.91 Å². The Morgan fingerprint density at radius 1 is 1.23 bits per heavy atom. The summed E-state index contributed by atoms with van der Waals surface area (Å²) in [6.45, 7) is 5.22. The van der Waals surface area contributed by atoms with Crippen LogP contribution < -0.4 is 4.90 Å². The minimum atomic E-state index is -0.481. The second-order valence-electron chi connectivity index (χ2n) is 6.24. The lowest BCUT2D eigenvalue weighted by atomic mass is 10.3. The molecule has 4 rings (SSSR count). The number of aromatic nitrogens is 4. The molecule has 1 aromatic carbocycles. The molecule has 0 bridgehead atoms. The summed E-state index contributed by atoms with van der Waals surface area (Å²) < 4.78 is 19.9. The van der Waals surface area contributed by atoms with Crippen LogP contribution in [0.2, 0.25) is 0 Å². The highest BCUT2D eigenvalue weighted by Gasteiger charge is 2.21. The van der Waals surface area contributed by atoms with E-state index in [-0.39, 0.29) is 11.6 Å². The first-order chi connectivity index (χ1) is 14.4. The molecular formula is C19H16FN5O2S3. The second-order valence-corrected chi connectivity index (χ2v) is 9.20. The van der Waals surface area contributed by atoms with Crippen molar-refractivity contribution in [1.29, 1.82) is 0 Å². The van der Waals surface area contributed by atoms with Crippen molar-refractivity contribution in [2.75, 3.05) is 4.90 Å². The molecule has 30 heavy (non-hydrogen) atoms. The number of halogens is 1. The Kier molecular flexibility index (Phi) is 5.93. The zero-order chi connectivity index (χ0) is 21.3. The summed E-state index contributed by atoms with van der Waals surface area (Å²) in [7, 11) is 0. The van der Waals surface area contributed by atoms with Gasteiger partial charge in [0.05, 0.1) is 22.1 Å². The summed E-state index contributed by atoms with van der Waals surface area (Å²) in [6.07, 6.45) is 0. The van der Waals surface area contributed by atoms with Gasteiger partial charge in [0.25, 0.3) is 11.1 Å². The zero-order valence-corrected chi connectivity index (χ0v) is 18.7. The van der Waals surface area contributed by atoms with E-state index < -0.39 is 5.82 Å². The van der Waals surface area contributed by atoms with Gasteiger partial charge in [0.15, 0.2) is 5.13 Å². The lowest BCUT2D eigenvalue weighted by Gasteiger charge is -2.18. The van der Waals surface area contributed by atoms with Crippen molar-refractivity contribution in [1.82, 2.24) is 20.2 Å². The molecule has 11 heteroatoms. The molecule has 0 atom stereocenters. The number of anilines is 2. The van der Waals surface area contributed by atoms with Gasteiger partial charge >= 0.3 is 0 Å². The number of carbonyl (C=O) groups is 1. The third-order valence-corrected chi connectivity index (χ3v) is 6.77. The molecule has 4 aromatic rings. The van der Waals surface area contributed by atoms with Gasteiger partial charge in [-0.25, -0.2) is 14.4 Å². The summed E-state index contributed by atoms with van der Waals surface area (Å²) in [5.41, 5.74) is 1.77. The van der Waals surface area contributed by atoms with Crippen molar-refractivity contribution in [2.45, 2.75) is 31.7 Å². The summed E-state index contributed by atoms with van der Waals surface area (Å²) in [5, 5.41) is 11.8. The molecular weight excluding hydrogens is 445 g/mol. The van der Waals surface area contributed by atoms with E-state index in [1.54, 1.807) is 18.2 Å². The van der Waals surface area contributed by atoms with Gasteiger partial charge in [-0.3, -0.25) is 9.69 Å². The van der Waals surface area contributed by atoms with E-state index in [4.69, 9.17) is 4.42 Å². The van der Waals surface area contributed by atoms with Gasteiger partial charge in [-0.2, -0.15) is 0 Å². The molecule has 7 nitrogen and oxygen atoms in total. The number of amides is 1. The predicted octanol–water partition coefficient (Wildman–Crippen LogP) is 5.38. The number of thiazole rings is 2. The van der Waals surface area contributed by atoms with E-state index in [0.717, 1.165) is 21.3 Å². The van der Waals surface area contributed by atoms with Crippen molar-refractivity contribution in [3.05, 3.63) is 51.9 Å². The Labute approximate surface area is 184 Å². The molecule has 0 spiro atoms. The lowest BCUT2D eigenvalue weighted by molar-refractivity contribution is -0.115. The average Bonchev–Trinajstić information content (AvgIpc) is 3.42. The van der Waals surface area contributed by atoms with Crippen LogP contribution in [-0.4, -0.2) is 26.1 Å². The fourth-order valence-corrected chi connectivity index (χ4v) is 5.21. The monoisotopic (exact) mass is 461 g/mol. The predicted molar refractivity (Wildman–Crippen MR) is 116 cm³/mol. The molecule has 0 aliphatic rings. The van der Waals surface area contributed by atoms with Crippen LogP contribution in [0.5, 0.6) is 0 Å². The maximum Gasteiger partial charge on any atom is 0.277 e. The molecule has 0 saturated heterocycles. The SMILES string of the molecule is CC(=O)N(c1nc(CSc2nnc(-c3sc(C)nc3C)o2)cs1)c1ccccc1F. The van der Waals surface area contributed by atoms with E-state index in [1.165, 1.54) is 52.3 Å². The number of hydrogen-bond donors (Lipinski definition) is 0. The molecule has 154 valence electrons. The topological polar surface area (TPSA) is 85.0 Å². The van der Waals surface area contributed by atoms with Crippen molar-refractivity contribution in [2.24, 2.45) is 0 Å². The molecule has 3 heterocycles. The van der Waals surface area contributed by atoms with E-state index in [9.17, 15) is 9.18 Å². The molecule has 0 fully saturated rings. The third kappa shape index (κ3) is 4.27. The van der Waals surface area contributed by atoms with Gasteiger partial charge in [0.1, 0.15) is 10.7 Å². The van der Waals surface area contributed by atoms with Crippen LogP contribution in [0.3, 0.4) is 0 Å². The summed E-state index contributed by atoms with van der Waals surface area (Å²) in [5.74, 6) is 0.125. The van der Waals surface area contributed by atoms with Gasteiger partial charge in [-0.05, 0) is 26.0 Å². The van der Waals surface area contributed by atoms with E-state index in [1.807, 2.05) is 19.2 Å². The molecule has 0 unspecified atom stereocenters. The van der Waals surface area contributed by atoms with Gasteiger partial charge < -0.3 is 4.42 Å². The molecule has 0 aliphatic heterocycles. The molecule has 1 amide bonds. The number of thioether (sulfide) groups is 1. The van der Waals surface area contributed by atoms with Crippen molar-refractivity contribution in [3.63, 3.8) is 0 Å². The Balaban J connectivity index is 1.48. The van der Waals surface area contributed by atoms with Crippen LogP contribution in [0, 0.1) is 19.7 Å². The van der Waals surface area contributed by atoms with Crippen molar-refractivity contribution >= 4 is 51.2 Å². The van der Waals surface area contributed by atoms with Crippen LogP contribution in [0.25, 0.3) is 10.8 Å². The Morgan fingerprint density at radius 3 is 2.73 bits per heavy atom. The van der Waals surface area contributed by atoms with Gasteiger partial charge in [-0.1, -0.05) is 23.9 Å². The summed E-state index contributed by atoms with van der Waals surface area (Å²) in [6, 6.07) is 6.12. The highest BCUT2D eigenvalue weighted by Crippen LogP contribution is 2.34. The average molecular weight is 462 g/mol. The molecule has 3 aromatic heterocycles. The molecule has 0 N–H and O–H groups in total. The summed E-state index contributed by atoms with van der Waals surface area (Å²) in [4.78, 5) is 23.1. The molecule has 0 aliphatic carbocycles. The number of carbonyl (C=O) groups excluding carboxylic acids is 1. The fourth-order valence-electron chi connectivity index (χ4n) is 2.73. The van der Waals surface area contributed by atoms with Crippen LogP contribution in [0.1, 0.15) is 23.3 Å². The van der Waals surface area contributed by atoms with Crippen LogP contribution >= 0.6 is 34.4 Å². The quantitative estimate of drug-likeness (QED) is 0.356. The highest BCUT2D eigenvalue weighted by molar-refractivity contribution is 7.98. The first kappa shape index (κ1) is 20.6. The van der Waals surface area contributed by atoms with Crippen LogP contribution in [0.4, 0.5) is 15.2 Å². The first-order valence-corrected chi connectivity index (χ1v) is 11.5. The third-order valence-electron chi connectivity index (χ3n) is 3.99. The van der Waals surface area contributed by atoms with E-state index in [2.05, 4.69) is 20.2 Å². The number of nitrogens with zero attached hydrogens (tertiary/aromatic N) is 5. The number of benzene rings is 1. The number of aryl methyl sites for hydroxylation is 2.